The number of imide groups is 1. The van der Waals surface area contributed by atoms with E-state index in [-0.39, 0.29) is 18.6 Å². The van der Waals surface area contributed by atoms with Gasteiger partial charge in [0.1, 0.15) is 6.04 Å². The van der Waals surface area contributed by atoms with Crippen molar-refractivity contribution in [3.8, 4) is 0 Å². The molecule has 2 N–H and O–H groups in total. The number of hydrogen-bond acceptors (Lipinski definition) is 5. The number of hydrogen-bond donors (Lipinski definition) is 2. The van der Waals surface area contributed by atoms with Gasteiger partial charge < -0.3 is 10.1 Å². The number of benzene rings is 1. The maximum Gasteiger partial charge on any atom is 0.323 e. The summed E-state index contributed by atoms with van der Waals surface area (Å²) in [6, 6.07) is 6.99. The summed E-state index contributed by atoms with van der Waals surface area (Å²) in [5.74, 6) is -0.795. The zero-order valence-electron chi connectivity index (χ0n) is 15.0. The van der Waals surface area contributed by atoms with E-state index >= 15 is 0 Å². The number of fused-ring (bicyclic) bond motifs is 1. The lowest BCUT2D eigenvalue weighted by molar-refractivity contribution is -0.148. The molecule has 2 aliphatic rings. The summed E-state index contributed by atoms with van der Waals surface area (Å²) in [7, 11) is 1.34. The van der Waals surface area contributed by atoms with Gasteiger partial charge in [0.2, 0.25) is 5.91 Å². The largest absolute Gasteiger partial charge is 0.468 e. The summed E-state index contributed by atoms with van der Waals surface area (Å²) in [5, 5.41) is 5.20. The molecule has 0 radical (unpaired) electrons. The maximum absolute atomic E-state index is 12.3. The molecule has 3 amide bonds. The quantitative estimate of drug-likeness (QED) is 0.793. The van der Waals surface area contributed by atoms with Gasteiger partial charge in [-0.3, -0.25) is 19.8 Å². The van der Waals surface area contributed by atoms with Crippen LogP contribution >= 0.6 is 0 Å². The molecule has 1 saturated carbocycles. The van der Waals surface area contributed by atoms with Crippen LogP contribution in [-0.2, 0) is 27.3 Å². The number of nitrogens with zero attached hydrogens (tertiary/aromatic N) is 1. The molecule has 7 nitrogen and oxygen atoms in total. The van der Waals surface area contributed by atoms with E-state index in [1.807, 2.05) is 24.3 Å². The van der Waals surface area contributed by atoms with Crippen LogP contribution in [0.15, 0.2) is 24.3 Å². The summed E-state index contributed by atoms with van der Waals surface area (Å²) < 4.78 is 4.89. The molecule has 140 valence electrons. The number of urea groups is 1. The Hall–Kier alpha value is -2.41. The smallest absolute Gasteiger partial charge is 0.323 e. The molecule has 1 heterocycles. The zero-order valence-corrected chi connectivity index (χ0v) is 15.0. The standard InChI is InChI=1S/C19H25N3O4/c1-26-18(24)16-10-13-6-2-3-7-14(13)11-22(16)12-17(23)21-19(25)20-15-8-4-5-9-15/h2-3,6-7,15-16H,4-5,8-12H2,1H3,(H2,20,21,23,25)/t16-/m1/s1. The molecule has 0 spiro atoms. The summed E-state index contributed by atoms with van der Waals surface area (Å²) >= 11 is 0. The predicted molar refractivity (Wildman–Crippen MR) is 95.3 cm³/mol. The van der Waals surface area contributed by atoms with Gasteiger partial charge in [-0.15, -0.1) is 0 Å². The molecule has 1 aliphatic carbocycles. The van der Waals surface area contributed by atoms with Gasteiger partial charge in [-0.1, -0.05) is 37.1 Å². The van der Waals surface area contributed by atoms with E-state index in [4.69, 9.17) is 4.74 Å². The van der Waals surface area contributed by atoms with Crippen molar-refractivity contribution >= 4 is 17.9 Å². The van der Waals surface area contributed by atoms with Gasteiger partial charge >= 0.3 is 12.0 Å². The summed E-state index contributed by atoms with van der Waals surface area (Å²) in [6.07, 6.45) is 4.61. The lowest BCUT2D eigenvalue weighted by Crippen LogP contribution is -2.52. The highest BCUT2D eigenvalue weighted by molar-refractivity contribution is 5.95. The van der Waals surface area contributed by atoms with Gasteiger partial charge in [-0.2, -0.15) is 0 Å². The monoisotopic (exact) mass is 359 g/mol. The van der Waals surface area contributed by atoms with Crippen molar-refractivity contribution in [1.29, 1.82) is 0 Å². The van der Waals surface area contributed by atoms with Crippen LogP contribution in [0.4, 0.5) is 4.79 Å². The Kier molecular flexibility index (Phi) is 5.88. The van der Waals surface area contributed by atoms with Crippen LogP contribution in [-0.4, -0.2) is 48.5 Å². The molecule has 0 bridgehead atoms. The Bertz CT molecular complexity index is 685. The van der Waals surface area contributed by atoms with Crippen molar-refractivity contribution in [2.45, 2.75) is 50.7 Å². The first kappa shape index (κ1) is 18.4. The number of carbonyl (C=O) groups is 3. The molecule has 0 unspecified atom stereocenters. The second-order valence-corrected chi connectivity index (χ2v) is 6.92. The minimum absolute atomic E-state index is 0.0355. The molecule has 0 saturated heterocycles. The average molecular weight is 359 g/mol. The lowest BCUT2D eigenvalue weighted by atomic mass is 9.94. The van der Waals surface area contributed by atoms with Crippen molar-refractivity contribution in [3.05, 3.63) is 35.4 Å². The van der Waals surface area contributed by atoms with Crippen molar-refractivity contribution < 1.29 is 19.1 Å². The van der Waals surface area contributed by atoms with Gasteiger partial charge in [0.25, 0.3) is 0 Å². The first-order valence-corrected chi connectivity index (χ1v) is 9.06. The number of methoxy groups -OCH3 is 1. The number of esters is 1. The summed E-state index contributed by atoms with van der Waals surface area (Å²) in [5.41, 5.74) is 2.16. The molecular formula is C19H25N3O4. The number of nitrogens with one attached hydrogen (secondary N) is 2. The molecule has 0 aromatic heterocycles. The van der Waals surface area contributed by atoms with Crippen LogP contribution in [0, 0.1) is 0 Å². The van der Waals surface area contributed by atoms with Crippen LogP contribution in [0.3, 0.4) is 0 Å². The van der Waals surface area contributed by atoms with E-state index in [9.17, 15) is 14.4 Å². The third-order valence-electron chi connectivity index (χ3n) is 5.11. The summed E-state index contributed by atoms with van der Waals surface area (Å²) in [4.78, 5) is 38.2. The van der Waals surface area contributed by atoms with E-state index < -0.39 is 18.0 Å². The van der Waals surface area contributed by atoms with Crippen molar-refractivity contribution in [3.63, 3.8) is 0 Å². The van der Waals surface area contributed by atoms with Crippen molar-refractivity contribution in [2.24, 2.45) is 0 Å². The molecule has 1 aromatic carbocycles. The molecule has 1 atom stereocenters. The minimum Gasteiger partial charge on any atom is -0.468 e. The van der Waals surface area contributed by atoms with Crippen LogP contribution < -0.4 is 10.6 Å². The second-order valence-electron chi connectivity index (χ2n) is 6.92. The lowest BCUT2D eigenvalue weighted by Gasteiger charge is -2.34. The molecule has 1 aromatic rings. The fourth-order valence-electron chi connectivity index (χ4n) is 3.75. The minimum atomic E-state index is -0.529. The van der Waals surface area contributed by atoms with Gasteiger partial charge in [0.05, 0.1) is 13.7 Å². The Morgan fingerprint density at radius 1 is 1.15 bits per heavy atom. The topological polar surface area (TPSA) is 87.7 Å². The molecule has 26 heavy (non-hydrogen) atoms. The van der Waals surface area contributed by atoms with Crippen molar-refractivity contribution in [1.82, 2.24) is 15.5 Å². The van der Waals surface area contributed by atoms with Crippen LogP contribution in [0.25, 0.3) is 0 Å². The van der Waals surface area contributed by atoms with E-state index in [0.717, 1.165) is 36.8 Å². The normalized spacial score (nSPS) is 20.3. The predicted octanol–water partition coefficient (Wildman–Crippen LogP) is 1.35. The first-order valence-electron chi connectivity index (χ1n) is 9.06. The van der Waals surface area contributed by atoms with E-state index in [0.29, 0.717) is 13.0 Å². The average Bonchev–Trinajstić information content (AvgIpc) is 3.13. The highest BCUT2D eigenvalue weighted by atomic mass is 16.5. The van der Waals surface area contributed by atoms with E-state index in [1.54, 1.807) is 4.90 Å². The fraction of sp³-hybridized carbons (Fsp3) is 0.526. The highest BCUT2D eigenvalue weighted by Crippen LogP contribution is 2.23. The van der Waals surface area contributed by atoms with E-state index in [1.165, 1.54) is 7.11 Å². The van der Waals surface area contributed by atoms with Gasteiger partial charge in [0, 0.05) is 12.6 Å². The van der Waals surface area contributed by atoms with E-state index in [2.05, 4.69) is 10.6 Å². The van der Waals surface area contributed by atoms with Crippen LogP contribution in [0.5, 0.6) is 0 Å². The molecule has 1 fully saturated rings. The first-order chi connectivity index (χ1) is 12.6. The zero-order chi connectivity index (χ0) is 18.5. The third-order valence-corrected chi connectivity index (χ3v) is 5.11. The molecule has 3 rings (SSSR count). The SMILES string of the molecule is COC(=O)[C@H]1Cc2ccccc2CN1CC(=O)NC(=O)NC1CCCC1. The number of carbonyl (C=O) groups excluding carboxylic acids is 3. The molecule has 7 heteroatoms. The summed E-state index contributed by atoms with van der Waals surface area (Å²) in [6.45, 7) is 0.430. The van der Waals surface area contributed by atoms with Gasteiger partial charge in [0.15, 0.2) is 0 Å². The Morgan fingerprint density at radius 3 is 2.54 bits per heavy atom. The van der Waals surface area contributed by atoms with Crippen LogP contribution in [0.2, 0.25) is 0 Å². The number of amides is 3. The Balaban J connectivity index is 1.61. The van der Waals surface area contributed by atoms with Crippen molar-refractivity contribution in [2.75, 3.05) is 13.7 Å². The third kappa shape index (κ3) is 4.40. The van der Waals surface area contributed by atoms with Gasteiger partial charge in [-0.25, -0.2) is 4.79 Å². The fourth-order valence-corrected chi connectivity index (χ4v) is 3.75. The molecule has 1 aliphatic heterocycles. The van der Waals surface area contributed by atoms with Crippen LogP contribution in [0.1, 0.15) is 36.8 Å². The number of rotatable bonds is 4. The van der Waals surface area contributed by atoms with Gasteiger partial charge in [-0.05, 0) is 30.4 Å². The Labute approximate surface area is 153 Å². The second kappa shape index (κ2) is 8.31. The number of ether oxygens (including phenoxy) is 1. The maximum atomic E-state index is 12.3. The Morgan fingerprint density at radius 2 is 1.85 bits per heavy atom. The highest BCUT2D eigenvalue weighted by Gasteiger charge is 2.33. The molecular weight excluding hydrogens is 334 g/mol.